The lowest BCUT2D eigenvalue weighted by Gasteiger charge is -2.18. The summed E-state index contributed by atoms with van der Waals surface area (Å²) in [7, 11) is 3.45. The molecule has 0 saturated carbocycles. The first kappa shape index (κ1) is 12.2. The summed E-state index contributed by atoms with van der Waals surface area (Å²) in [5.74, 6) is 1.82. The Balaban J connectivity index is 1.97. The number of rotatable bonds is 3. The maximum absolute atomic E-state index is 5.40. The predicted octanol–water partition coefficient (Wildman–Crippen LogP) is 2.47. The Hall–Kier alpha value is -1.81. The molecular formula is C15H18N2O2. The SMILES string of the molecule is COc1cccc2ccc(N3CC[C@H](OC)C3)nc12. The van der Waals surface area contributed by atoms with Crippen molar-refractivity contribution in [1.29, 1.82) is 0 Å². The van der Waals surface area contributed by atoms with Crippen molar-refractivity contribution >= 4 is 16.7 Å². The number of hydrogen-bond donors (Lipinski definition) is 0. The minimum atomic E-state index is 0.315. The van der Waals surface area contributed by atoms with E-state index in [0.717, 1.165) is 42.0 Å². The number of fused-ring (bicyclic) bond motifs is 1. The lowest BCUT2D eigenvalue weighted by Crippen LogP contribution is -2.23. The second-order valence-electron chi connectivity index (χ2n) is 4.79. The average molecular weight is 258 g/mol. The third-order valence-corrected chi connectivity index (χ3v) is 3.69. The lowest BCUT2D eigenvalue weighted by atomic mass is 10.2. The van der Waals surface area contributed by atoms with Crippen LogP contribution < -0.4 is 9.64 Å². The van der Waals surface area contributed by atoms with Crippen LogP contribution in [0.3, 0.4) is 0 Å². The van der Waals surface area contributed by atoms with Crippen LogP contribution in [0.5, 0.6) is 5.75 Å². The van der Waals surface area contributed by atoms with Crippen molar-refractivity contribution in [3.63, 3.8) is 0 Å². The van der Waals surface area contributed by atoms with Crippen molar-refractivity contribution in [3.05, 3.63) is 30.3 Å². The zero-order valence-corrected chi connectivity index (χ0v) is 11.3. The van der Waals surface area contributed by atoms with Gasteiger partial charge in [0.25, 0.3) is 0 Å². The third kappa shape index (κ3) is 2.24. The summed E-state index contributed by atoms with van der Waals surface area (Å²) < 4.78 is 10.8. The minimum absolute atomic E-state index is 0.315. The molecule has 100 valence electrons. The van der Waals surface area contributed by atoms with Crippen LogP contribution in [0, 0.1) is 0 Å². The van der Waals surface area contributed by atoms with Crippen molar-refractivity contribution < 1.29 is 9.47 Å². The van der Waals surface area contributed by atoms with Gasteiger partial charge in [0, 0.05) is 25.6 Å². The average Bonchev–Trinajstić information content (AvgIpc) is 2.95. The van der Waals surface area contributed by atoms with Crippen molar-refractivity contribution in [3.8, 4) is 5.75 Å². The van der Waals surface area contributed by atoms with E-state index in [2.05, 4.69) is 23.1 Å². The molecule has 4 heteroatoms. The Kier molecular flexibility index (Phi) is 3.25. The fraction of sp³-hybridized carbons (Fsp3) is 0.400. The van der Waals surface area contributed by atoms with Gasteiger partial charge in [0.2, 0.25) is 0 Å². The second-order valence-corrected chi connectivity index (χ2v) is 4.79. The van der Waals surface area contributed by atoms with Crippen molar-refractivity contribution in [2.45, 2.75) is 12.5 Å². The molecule has 2 heterocycles. The molecule has 4 nitrogen and oxygen atoms in total. The van der Waals surface area contributed by atoms with E-state index in [1.54, 1.807) is 14.2 Å². The van der Waals surface area contributed by atoms with Crippen LogP contribution in [0.15, 0.2) is 30.3 Å². The molecule has 1 saturated heterocycles. The smallest absolute Gasteiger partial charge is 0.145 e. The summed E-state index contributed by atoms with van der Waals surface area (Å²) in [4.78, 5) is 7.01. The molecule has 0 amide bonds. The Morgan fingerprint density at radius 3 is 2.84 bits per heavy atom. The Labute approximate surface area is 113 Å². The molecule has 0 radical (unpaired) electrons. The van der Waals surface area contributed by atoms with Gasteiger partial charge in [0.1, 0.15) is 17.1 Å². The maximum Gasteiger partial charge on any atom is 0.145 e. The molecule has 2 aromatic rings. The molecule has 1 aliphatic rings. The molecule has 1 fully saturated rings. The Morgan fingerprint density at radius 2 is 2.11 bits per heavy atom. The third-order valence-electron chi connectivity index (χ3n) is 3.69. The van der Waals surface area contributed by atoms with Crippen LogP contribution >= 0.6 is 0 Å². The van der Waals surface area contributed by atoms with E-state index in [1.807, 2.05) is 12.1 Å². The highest BCUT2D eigenvalue weighted by Gasteiger charge is 2.23. The number of pyridine rings is 1. The van der Waals surface area contributed by atoms with E-state index in [1.165, 1.54) is 0 Å². The number of ether oxygens (including phenoxy) is 2. The molecule has 19 heavy (non-hydrogen) atoms. The molecule has 0 bridgehead atoms. The van der Waals surface area contributed by atoms with Crippen LogP contribution in [0.25, 0.3) is 10.9 Å². The summed E-state index contributed by atoms with van der Waals surface area (Å²) in [6.07, 6.45) is 1.37. The van der Waals surface area contributed by atoms with E-state index in [4.69, 9.17) is 14.5 Å². The van der Waals surface area contributed by atoms with Crippen molar-refractivity contribution in [1.82, 2.24) is 4.98 Å². The number of para-hydroxylation sites is 1. The molecule has 1 aromatic heterocycles. The van der Waals surface area contributed by atoms with E-state index in [9.17, 15) is 0 Å². The summed E-state index contributed by atoms with van der Waals surface area (Å²) in [6, 6.07) is 10.1. The fourth-order valence-electron chi connectivity index (χ4n) is 2.58. The number of hydrogen-bond acceptors (Lipinski definition) is 4. The lowest BCUT2D eigenvalue weighted by molar-refractivity contribution is 0.121. The largest absolute Gasteiger partial charge is 0.494 e. The Morgan fingerprint density at radius 1 is 1.21 bits per heavy atom. The van der Waals surface area contributed by atoms with E-state index in [-0.39, 0.29) is 0 Å². The van der Waals surface area contributed by atoms with Gasteiger partial charge in [-0.05, 0) is 24.6 Å². The van der Waals surface area contributed by atoms with Gasteiger partial charge in [0.15, 0.2) is 0 Å². The van der Waals surface area contributed by atoms with E-state index in [0.29, 0.717) is 6.10 Å². The number of nitrogens with zero attached hydrogens (tertiary/aromatic N) is 2. The molecular weight excluding hydrogens is 240 g/mol. The maximum atomic E-state index is 5.40. The standard InChI is InChI=1S/C15H18N2O2/c1-18-12-8-9-17(10-12)14-7-6-11-4-3-5-13(19-2)15(11)16-14/h3-7,12H,8-10H2,1-2H3/t12-/m0/s1. The first-order valence-electron chi connectivity index (χ1n) is 6.53. The monoisotopic (exact) mass is 258 g/mol. The summed E-state index contributed by atoms with van der Waals surface area (Å²) in [5.41, 5.74) is 0.920. The van der Waals surface area contributed by atoms with Crippen LogP contribution in [-0.2, 0) is 4.74 Å². The predicted molar refractivity (Wildman–Crippen MR) is 75.9 cm³/mol. The normalized spacial score (nSPS) is 19.1. The molecule has 1 aromatic carbocycles. The Bertz CT molecular complexity index is 585. The van der Waals surface area contributed by atoms with Crippen LogP contribution in [0.1, 0.15) is 6.42 Å². The number of benzene rings is 1. The van der Waals surface area contributed by atoms with Gasteiger partial charge in [-0.2, -0.15) is 0 Å². The molecule has 0 unspecified atom stereocenters. The molecule has 0 spiro atoms. The highest BCUT2D eigenvalue weighted by Crippen LogP contribution is 2.27. The van der Waals surface area contributed by atoms with Gasteiger partial charge in [-0.25, -0.2) is 4.98 Å². The highest BCUT2D eigenvalue weighted by molar-refractivity contribution is 5.86. The topological polar surface area (TPSA) is 34.6 Å². The molecule has 0 aliphatic carbocycles. The van der Waals surface area contributed by atoms with Gasteiger partial charge < -0.3 is 14.4 Å². The van der Waals surface area contributed by atoms with Gasteiger partial charge in [0.05, 0.1) is 13.2 Å². The quantitative estimate of drug-likeness (QED) is 0.847. The van der Waals surface area contributed by atoms with Gasteiger partial charge in [-0.1, -0.05) is 12.1 Å². The van der Waals surface area contributed by atoms with Gasteiger partial charge >= 0.3 is 0 Å². The van der Waals surface area contributed by atoms with Crippen molar-refractivity contribution in [2.75, 3.05) is 32.2 Å². The molecule has 1 aliphatic heterocycles. The number of anilines is 1. The minimum Gasteiger partial charge on any atom is -0.494 e. The molecule has 1 atom stereocenters. The zero-order chi connectivity index (χ0) is 13.2. The zero-order valence-electron chi connectivity index (χ0n) is 11.3. The summed E-state index contributed by atoms with van der Waals surface area (Å²) in [5, 5.41) is 1.10. The molecule has 3 rings (SSSR count). The summed E-state index contributed by atoms with van der Waals surface area (Å²) in [6.45, 7) is 1.90. The van der Waals surface area contributed by atoms with Crippen LogP contribution in [0.4, 0.5) is 5.82 Å². The van der Waals surface area contributed by atoms with Crippen LogP contribution in [-0.4, -0.2) is 38.4 Å². The first-order valence-corrected chi connectivity index (χ1v) is 6.53. The van der Waals surface area contributed by atoms with E-state index < -0.39 is 0 Å². The second kappa shape index (κ2) is 5.05. The van der Waals surface area contributed by atoms with Gasteiger partial charge in [-0.3, -0.25) is 0 Å². The van der Waals surface area contributed by atoms with E-state index >= 15 is 0 Å². The highest BCUT2D eigenvalue weighted by atomic mass is 16.5. The number of methoxy groups -OCH3 is 2. The number of aromatic nitrogens is 1. The van der Waals surface area contributed by atoms with Crippen molar-refractivity contribution in [2.24, 2.45) is 0 Å². The fourth-order valence-corrected chi connectivity index (χ4v) is 2.58. The summed E-state index contributed by atoms with van der Waals surface area (Å²) >= 11 is 0. The van der Waals surface area contributed by atoms with Gasteiger partial charge in [-0.15, -0.1) is 0 Å². The van der Waals surface area contributed by atoms with Crippen LogP contribution in [0.2, 0.25) is 0 Å². The first-order chi connectivity index (χ1) is 9.31. The molecule has 0 N–H and O–H groups in total.